The first kappa shape index (κ1) is 18.2. The van der Waals surface area contributed by atoms with E-state index in [1.54, 1.807) is 18.6 Å². The Labute approximate surface area is 164 Å². The number of ether oxygens (including phenoxy) is 1. The van der Waals surface area contributed by atoms with Crippen LogP contribution in [-0.4, -0.2) is 59.0 Å². The molecule has 0 saturated carbocycles. The second-order valence-corrected chi connectivity index (χ2v) is 7.09. The average Bonchev–Trinajstić information content (AvgIpc) is 2.73. The maximum atomic E-state index is 13.2. The van der Waals surface area contributed by atoms with Crippen molar-refractivity contribution in [3.63, 3.8) is 0 Å². The lowest BCUT2D eigenvalue weighted by Gasteiger charge is -2.33. The molecule has 1 aromatic carbocycles. The fraction of sp³-hybridized carbons (Fsp3) is 0.333. The molecule has 0 radical (unpaired) electrons. The van der Waals surface area contributed by atoms with Crippen molar-refractivity contribution < 1.29 is 9.53 Å². The van der Waals surface area contributed by atoms with Crippen LogP contribution in [0.5, 0.6) is 5.88 Å². The van der Waals surface area contributed by atoms with Gasteiger partial charge in [0.05, 0.1) is 6.54 Å². The largest absolute Gasteiger partial charge is 0.470 e. The van der Waals surface area contributed by atoms with Gasteiger partial charge in [0.1, 0.15) is 11.8 Å². The van der Waals surface area contributed by atoms with Crippen LogP contribution in [0.2, 0.25) is 0 Å². The predicted octanol–water partition coefficient (Wildman–Crippen LogP) is 2.77. The van der Waals surface area contributed by atoms with Crippen molar-refractivity contribution in [3.05, 3.63) is 54.6 Å². The van der Waals surface area contributed by atoms with Gasteiger partial charge in [0.15, 0.2) is 5.82 Å². The summed E-state index contributed by atoms with van der Waals surface area (Å²) in [4.78, 5) is 29.9. The van der Waals surface area contributed by atoms with Gasteiger partial charge in [0.2, 0.25) is 0 Å². The van der Waals surface area contributed by atoms with Crippen LogP contribution < -0.4 is 9.64 Å². The number of aromatic nitrogens is 3. The Balaban J connectivity index is 1.53. The van der Waals surface area contributed by atoms with Crippen molar-refractivity contribution in [3.8, 4) is 5.88 Å². The van der Waals surface area contributed by atoms with Crippen LogP contribution in [0.15, 0.2) is 48.9 Å². The number of likely N-dealkylation sites (tertiary alicyclic amines) is 1. The maximum Gasteiger partial charge on any atom is 0.273 e. The molecular weight excluding hydrogens is 354 g/mol. The molecule has 1 saturated heterocycles. The Morgan fingerprint density at radius 2 is 1.93 bits per heavy atom. The normalized spacial score (nSPS) is 16.8. The van der Waals surface area contributed by atoms with Crippen molar-refractivity contribution in [2.45, 2.75) is 18.9 Å². The number of piperidine rings is 1. The first-order valence-corrected chi connectivity index (χ1v) is 9.41. The molecule has 3 heterocycles. The summed E-state index contributed by atoms with van der Waals surface area (Å²) in [5.74, 6) is 1.12. The number of hydrogen-bond donors (Lipinski definition) is 0. The van der Waals surface area contributed by atoms with Gasteiger partial charge in [0, 0.05) is 44.6 Å². The minimum absolute atomic E-state index is 0.0583. The number of hydrogen-bond acceptors (Lipinski definition) is 6. The van der Waals surface area contributed by atoms with Crippen LogP contribution in [-0.2, 0) is 0 Å². The molecule has 0 unspecified atom stereocenters. The molecule has 144 valence electrons. The second-order valence-electron chi connectivity index (χ2n) is 7.09. The van der Waals surface area contributed by atoms with E-state index in [-0.39, 0.29) is 12.0 Å². The molecule has 0 aliphatic carbocycles. The van der Waals surface area contributed by atoms with E-state index in [0.717, 1.165) is 23.6 Å². The molecule has 1 aliphatic heterocycles. The maximum absolute atomic E-state index is 13.2. The molecule has 0 bridgehead atoms. The number of carbonyl (C=O) groups excluding carboxylic acids is 1. The zero-order valence-corrected chi connectivity index (χ0v) is 16.1. The molecule has 1 atom stereocenters. The number of pyridine rings is 1. The molecule has 1 fully saturated rings. The fourth-order valence-electron chi connectivity index (χ4n) is 3.52. The highest BCUT2D eigenvalue weighted by Gasteiger charge is 2.28. The van der Waals surface area contributed by atoms with Crippen molar-refractivity contribution in [2.24, 2.45) is 0 Å². The number of fused-ring (bicyclic) bond motifs is 1. The molecule has 0 N–H and O–H groups in total. The molecule has 1 aliphatic rings. The predicted molar refractivity (Wildman–Crippen MR) is 108 cm³/mol. The highest BCUT2D eigenvalue weighted by molar-refractivity contribution is 6.05. The molecule has 28 heavy (non-hydrogen) atoms. The lowest BCUT2D eigenvalue weighted by Crippen LogP contribution is -2.44. The molecule has 4 rings (SSSR count). The van der Waals surface area contributed by atoms with Crippen LogP contribution in [0.3, 0.4) is 0 Å². The standard InChI is InChI=1S/C21H23N5O2/c1-25(2)19-20(24-12-11-23-19)28-16-7-5-13-26(14-16)21(27)18-17-8-4-3-6-15(17)9-10-22-18/h3-4,6,8-12,16H,5,7,13-14H2,1-2H3/t16-/m0/s1. The quantitative estimate of drug-likeness (QED) is 0.696. The zero-order valence-electron chi connectivity index (χ0n) is 16.1. The van der Waals surface area contributed by atoms with Gasteiger partial charge in [-0.2, -0.15) is 0 Å². The summed E-state index contributed by atoms with van der Waals surface area (Å²) in [6.45, 7) is 1.21. The summed E-state index contributed by atoms with van der Waals surface area (Å²) in [7, 11) is 3.81. The van der Waals surface area contributed by atoms with Crippen LogP contribution in [0.25, 0.3) is 10.8 Å². The van der Waals surface area contributed by atoms with E-state index in [0.29, 0.717) is 30.5 Å². The van der Waals surface area contributed by atoms with E-state index < -0.39 is 0 Å². The van der Waals surface area contributed by atoms with Crippen LogP contribution in [0.4, 0.5) is 5.82 Å². The van der Waals surface area contributed by atoms with Crippen molar-refractivity contribution >= 4 is 22.5 Å². The lowest BCUT2D eigenvalue weighted by atomic mass is 10.1. The molecule has 7 nitrogen and oxygen atoms in total. The number of amides is 1. The average molecular weight is 377 g/mol. The Morgan fingerprint density at radius 1 is 1.11 bits per heavy atom. The molecule has 3 aromatic rings. The number of carbonyl (C=O) groups is 1. The highest BCUT2D eigenvalue weighted by atomic mass is 16.5. The summed E-state index contributed by atoms with van der Waals surface area (Å²) in [6, 6.07) is 9.75. The number of nitrogens with zero attached hydrogens (tertiary/aromatic N) is 5. The summed E-state index contributed by atoms with van der Waals surface area (Å²) in [5, 5.41) is 1.89. The number of anilines is 1. The topological polar surface area (TPSA) is 71.5 Å². The third kappa shape index (κ3) is 3.60. The van der Waals surface area contributed by atoms with Crippen molar-refractivity contribution in [1.29, 1.82) is 0 Å². The SMILES string of the molecule is CN(C)c1nccnc1O[C@H]1CCCN(C(=O)c2nccc3ccccc23)C1. The van der Waals surface area contributed by atoms with E-state index in [1.165, 1.54) is 0 Å². The van der Waals surface area contributed by atoms with E-state index in [4.69, 9.17) is 4.74 Å². The van der Waals surface area contributed by atoms with Gasteiger partial charge in [0.25, 0.3) is 11.8 Å². The fourth-order valence-corrected chi connectivity index (χ4v) is 3.52. The van der Waals surface area contributed by atoms with E-state index >= 15 is 0 Å². The van der Waals surface area contributed by atoms with Gasteiger partial charge in [-0.3, -0.25) is 9.78 Å². The van der Waals surface area contributed by atoms with Crippen LogP contribution >= 0.6 is 0 Å². The summed E-state index contributed by atoms with van der Waals surface area (Å²) < 4.78 is 6.12. The Hall–Kier alpha value is -3.22. The third-order valence-electron chi connectivity index (χ3n) is 4.89. The summed E-state index contributed by atoms with van der Waals surface area (Å²) in [6.07, 6.45) is 6.58. The van der Waals surface area contributed by atoms with Crippen LogP contribution in [0, 0.1) is 0 Å². The molecule has 0 spiro atoms. The first-order valence-electron chi connectivity index (χ1n) is 9.41. The summed E-state index contributed by atoms with van der Waals surface area (Å²) >= 11 is 0. The summed E-state index contributed by atoms with van der Waals surface area (Å²) in [5.41, 5.74) is 0.493. The Morgan fingerprint density at radius 3 is 2.79 bits per heavy atom. The van der Waals surface area contributed by atoms with Gasteiger partial charge in [-0.05, 0) is 24.3 Å². The first-order chi connectivity index (χ1) is 13.6. The second kappa shape index (κ2) is 7.80. The Kier molecular flexibility index (Phi) is 5.06. The zero-order chi connectivity index (χ0) is 19.5. The van der Waals surface area contributed by atoms with E-state index in [2.05, 4.69) is 15.0 Å². The third-order valence-corrected chi connectivity index (χ3v) is 4.89. The number of rotatable bonds is 4. The smallest absolute Gasteiger partial charge is 0.273 e. The highest BCUT2D eigenvalue weighted by Crippen LogP contribution is 2.25. The molecule has 1 amide bonds. The molecule has 2 aromatic heterocycles. The van der Waals surface area contributed by atoms with Gasteiger partial charge < -0.3 is 14.5 Å². The van der Waals surface area contributed by atoms with Gasteiger partial charge in [-0.1, -0.05) is 24.3 Å². The Bertz CT molecular complexity index is 986. The molecule has 7 heteroatoms. The van der Waals surface area contributed by atoms with Crippen molar-refractivity contribution in [2.75, 3.05) is 32.1 Å². The minimum Gasteiger partial charge on any atom is -0.470 e. The van der Waals surface area contributed by atoms with E-state index in [9.17, 15) is 4.79 Å². The molecular formula is C21H23N5O2. The minimum atomic E-state index is -0.122. The lowest BCUT2D eigenvalue weighted by molar-refractivity contribution is 0.0525. The van der Waals surface area contributed by atoms with E-state index in [1.807, 2.05) is 54.2 Å². The van der Waals surface area contributed by atoms with Gasteiger partial charge in [-0.25, -0.2) is 9.97 Å². The number of benzene rings is 1. The monoisotopic (exact) mass is 377 g/mol. The van der Waals surface area contributed by atoms with Crippen LogP contribution in [0.1, 0.15) is 23.3 Å². The van der Waals surface area contributed by atoms with Gasteiger partial charge in [-0.15, -0.1) is 0 Å². The van der Waals surface area contributed by atoms with Crippen molar-refractivity contribution in [1.82, 2.24) is 19.9 Å². The van der Waals surface area contributed by atoms with Gasteiger partial charge >= 0.3 is 0 Å².